The molecular formula is C25H27FN2O4. The maximum Gasteiger partial charge on any atom is 0.410 e. The van der Waals surface area contributed by atoms with Crippen molar-refractivity contribution in [2.75, 3.05) is 13.1 Å². The van der Waals surface area contributed by atoms with E-state index in [1.54, 1.807) is 41.3 Å². The highest BCUT2D eigenvalue weighted by molar-refractivity contribution is 6.21. The number of imide groups is 1. The number of hydrogen-bond donors (Lipinski definition) is 0. The molecule has 0 aliphatic carbocycles. The lowest BCUT2D eigenvalue weighted by atomic mass is 9.86. The van der Waals surface area contributed by atoms with Crippen molar-refractivity contribution in [3.05, 3.63) is 70.5 Å². The minimum absolute atomic E-state index is 0.0196. The number of nitrogens with zero attached hydrogens (tertiary/aromatic N) is 2. The average molecular weight is 438 g/mol. The molecule has 4 rings (SSSR count). The van der Waals surface area contributed by atoms with E-state index in [2.05, 4.69) is 0 Å². The molecule has 0 unspecified atom stereocenters. The fraction of sp³-hybridized carbons (Fsp3) is 0.400. The molecule has 1 saturated heterocycles. The van der Waals surface area contributed by atoms with Crippen LogP contribution < -0.4 is 0 Å². The number of piperidine rings is 1. The summed E-state index contributed by atoms with van der Waals surface area (Å²) in [5, 5.41) is 0. The Morgan fingerprint density at radius 1 is 1.00 bits per heavy atom. The van der Waals surface area contributed by atoms with Crippen LogP contribution in [-0.4, -0.2) is 46.4 Å². The molecule has 32 heavy (non-hydrogen) atoms. The molecule has 0 aromatic heterocycles. The number of likely N-dealkylation sites (tertiary alicyclic amines) is 1. The Balaban J connectivity index is 1.51. The zero-order chi connectivity index (χ0) is 23.0. The molecule has 0 spiro atoms. The number of hydrogen-bond acceptors (Lipinski definition) is 4. The largest absolute Gasteiger partial charge is 0.444 e. The number of fused-ring (bicyclic) bond motifs is 1. The predicted molar refractivity (Wildman–Crippen MR) is 117 cm³/mol. The molecule has 0 atom stereocenters. The van der Waals surface area contributed by atoms with Crippen LogP contribution in [-0.2, 0) is 11.3 Å². The van der Waals surface area contributed by atoms with Crippen LogP contribution in [0.4, 0.5) is 9.18 Å². The van der Waals surface area contributed by atoms with Crippen LogP contribution in [0.5, 0.6) is 0 Å². The third-order valence-electron chi connectivity index (χ3n) is 5.90. The smallest absolute Gasteiger partial charge is 0.410 e. The summed E-state index contributed by atoms with van der Waals surface area (Å²) in [6, 6.07) is 11.5. The number of ether oxygens (including phenoxy) is 1. The fourth-order valence-corrected chi connectivity index (χ4v) is 4.41. The second-order valence-corrected chi connectivity index (χ2v) is 9.30. The zero-order valence-corrected chi connectivity index (χ0v) is 18.6. The van der Waals surface area contributed by atoms with Gasteiger partial charge < -0.3 is 9.64 Å². The lowest BCUT2D eigenvalue weighted by Crippen LogP contribution is -2.41. The molecule has 6 nitrogen and oxygen atoms in total. The van der Waals surface area contributed by atoms with Crippen molar-refractivity contribution in [1.82, 2.24) is 9.80 Å². The second kappa shape index (κ2) is 8.37. The molecule has 2 aliphatic heterocycles. The number of halogens is 1. The molecular weight excluding hydrogens is 411 g/mol. The van der Waals surface area contributed by atoms with Gasteiger partial charge in [-0.2, -0.15) is 0 Å². The van der Waals surface area contributed by atoms with Gasteiger partial charge in [-0.3, -0.25) is 14.5 Å². The Hall–Kier alpha value is -3.22. The number of carbonyl (C=O) groups is 3. The SMILES string of the molecule is CC(C)(C)OC(=O)N1CCC(c2c(F)cccc2CN2C(=O)c3ccccc3C2=O)CC1. The van der Waals surface area contributed by atoms with Crippen molar-refractivity contribution in [3.63, 3.8) is 0 Å². The van der Waals surface area contributed by atoms with Gasteiger partial charge >= 0.3 is 6.09 Å². The van der Waals surface area contributed by atoms with E-state index in [-0.39, 0.29) is 36.2 Å². The third kappa shape index (κ3) is 4.24. The van der Waals surface area contributed by atoms with Crippen LogP contribution in [0.15, 0.2) is 42.5 Å². The van der Waals surface area contributed by atoms with Crippen molar-refractivity contribution in [2.45, 2.75) is 51.7 Å². The van der Waals surface area contributed by atoms with E-state index in [1.807, 2.05) is 20.8 Å². The Labute approximate surface area is 187 Å². The van der Waals surface area contributed by atoms with Crippen LogP contribution in [0.25, 0.3) is 0 Å². The maximum atomic E-state index is 15.0. The first-order valence-corrected chi connectivity index (χ1v) is 10.9. The van der Waals surface area contributed by atoms with Crippen LogP contribution >= 0.6 is 0 Å². The van der Waals surface area contributed by atoms with Gasteiger partial charge in [0.2, 0.25) is 0 Å². The summed E-state index contributed by atoms with van der Waals surface area (Å²) in [7, 11) is 0. The molecule has 2 aliphatic rings. The molecule has 3 amide bonds. The summed E-state index contributed by atoms with van der Waals surface area (Å²) in [5.41, 5.74) is 1.32. The number of carbonyl (C=O) groups excluding carboxylic acids is 3. The third-order valence-corrected chi connectivity index (χ3v) is 5.90. The molecule has 0 N–H and O–H groups in total. The van der Waals surface area contributed by atoms with Crippen LogP contribution in [0.3, 0.4) is 0 Å². The topological polar surface area (TPSA) is 66.9 Å². The van der Waals surface area contributed by atoms with Crippen molar-refractivity contribution >= 4 is 17.9 Å². The molecule has 0 saturated carbocycles. The second-order valence-electron chi connectivity index (χ2n) is 9.30. The first-order chi connectivity index (χ1) is 15.2. The highest BCUT2D eigenvalue weighted by atomic mass is 19.1. The molecule has 168 valence electrons. The van der Waals surface area contributed by atoms with Gasteiger partial charge in [-0.15, -0.1) is 0 Å². The first kappa shape index (κ1) is 22.0. The Bertz CT molecular complexity index is 1030. The van der Waals surface area contributed by atoms with Crippen LogP contribution in [0.2, 0.25) is 0 Å². The zero-order valence-electron chi connectivity index (χ0n) is 18.6. The van der Waals surface area contributed by atoms with E-state index in [1.165, 1.54) is 11.0 Å². The lowest BCUT2D eigenvalue weighted by molar-refractivity contribution is 0.0203. The van der Waals surface area contributed by atoms with Crippen molar-refractivity contribution < 1.29 is 23.5 Å². The van der Waals surface area contributed by atoms with E-state index < -0.39 is 5.60 Å². The Morgan fingerprint density at radius 2 is 1.59 bits per heavy atom. The van der Waals surface area contributed by atoms with Gasteiger partial charge in [0.15, 0.2) is 0 Å². The number of rotatable bonds is 3. The summed E-state index contributed by atoms with van der Waals surface area (Å²) < 4.78 is 20.4. The number of amides is 3. The monoisotopic (exact) mass is 438 g/mol. The van der Waals surface area contributed by atoms with Gasteiger partial charge in [-0.05, 0) is 68.9 Å². The summed E-state index contributed by atoms with van der Waals surface area (Å²) in [6.07, 6.45) is 0.792. The average Bonchev–Trinajstić information content (AvgIpc) is 2.98. The van der Waals surface area contributed by atoms with Crippen molar-refractivity contribution in [1.29, 1.82) is 0 Å². The minimum atomic E-state index is -0.570. The Kier molecular flexibility index (Phi) is 5.75. The van der Waals surface area contributed by atoms with E-state index in [9.17, 15) is 18.8 Å². The van der Waals surface area contributed by atoms with Crippen LogP contribution in [0, 0.1) is 5.82 Å². The normalized spacial score (nSPS) is 17.0. The quantitative estimate of drug-likeness (QED) is 0.650. The van der Waals surface area contributed by atoms with E-state index in [4.69, 9.17) is 4.74 Å². The van der Waals surface area contributed by atoms with Crippen LogP contribution in [0.1, 0.15) is 71.4 Å². The lowest BCUT2D eigenvalue weighted by Gasteiger charge is -2.34. The van der Waals surface area contributed by atoms with Crippen molar-refractivity contribution in [2.24, 2.45) is 0 Å². The summed E-state index contributed by atoms with van der Waals surface area (Å²) in [6.45, 7) is 6.40. The van der Waals surface area contributed by atoms with Gasteiger partial charge in [-0.1, -0.05) is 24.3 Å². The standard InChI is InChI=1S/C25H27FN2O4/c1-25(2,3)32-24(31)27-13-11-16(12-14-27)21-17(7-6-10-20(21)26)15-28-22(29)18-8-4-5-9-19(18)23(28)30/h4-10,16H,11-15H2,1-3H3. The molecule has 7 heteroatoms. The fourth-order valence-electron chi connectivity index (χ4n) is 4.41. The van der Waals surface area contributed by atoms with E-state index in [0.717, 1.165) is 0 Å². The van der Waals surface area contributed by atoms with Gasteiger partial charge in [0, 0.05) is 13.1 Å². The van der Waals surface area contributed by atoms with Crippen molar-refractivity contribution in [3.8, 4) is 0 Å². The Morgan fingerprint density at radius 3 is 2.16 bits per heavy atom. The van der Waals surface area contributed by atoms with E-state index >= 15 is 0 Å². The first-order valence-electron chi connectivity index (χ1n) is 10.9. The summed E-state index contributed by atoms with van der Waals surface area (Å²) in [4.78, 5) is 40.7. The molecule has 2 aromatic carbocycles. The highest BCUT2D eigenvalue weighted by Gasteiger charge is 2.36. The number of benzene rings is 2. The van der Waals surface area contributed by atoms with Gasteiger partial charge in [-0.25, -0.2) is 9.18 Å². The van der Waals surface area contributed by atoms with Gasteiger partial charge in [0.05, 0.1) is 17.7 Å². The summed E-state index contributed by atoms with van der Waals surface area (Å²) >= 11 is 0. The molecule has 0 radical (unpaired) electrons. The predicted octanol–water partition coefficient (Wildman–Crippen LogP) is 4.74. The highest BCUT2D eigenvalue weighted by Crippen LogP contribution is 2.34. The maximum absolute atomic E-state index is 15.0. The molecule has 1 fully saturated rings. The van der Waals surface area contributed by atoms with E-state index in [0.29, 0.717) is 48.2 Å². The van der Waals surface area contributed by atoms with Gasteiger partial charge in [0.25, 0.3) is 11.8 Å². The minimum Gasteiger partial charge on any atom is -0.444 e. The molecule has 2 heterocycles. The molecule has 2 aromatic rings. The van der Waals surface area contributed by atoms with Gasteiger partial charge in [0.1, 0.15) is 11.4 Å². The summed E-state index contributed by atoms with van der Waals surface area (Å²) in [5.74, 6) is -1.18. The molecule has 0 bridgehead atoms.